The van der Waals surface area contributed by atoms with Gasteiger partial charge in [-0.2, -0.15) is 0 Å². The summed E-state index contributed by atoms with van der Waals surface area (Å²) in [5.41, 5.74) is 2.51. The molecule has 0 amide bonds. The van der Waals surface area contributed by atoms with Crippen LogP contribution in [0.25, 0.3) is 0 Å². The Bertz CT molecular complexity index is 645. The first kappa shape index (κ1) is 18.6. The van der Waals surface area contributed by atoms with E-state index >= 15 is 0 Å². The van der Waals surface area contributed by atoms with E-state index in [9.17, 15) is 9.90 Å². The maximum Gasteiger partial charge on any atom is 0.348 e. The van der Waals surface area contributed by atoms with E-state index in [1.807, 2.05) is 24.0 Å². The molecule has 0 aliphatic carbocycles. The molecule has 0 bridgehead atoms. The van der Waals surface area contributed by atoms with E-state index in [1.165, 1.54) is 11.1 Å². The van der Waals surface area contributed by atoms with Gasteiger partial charge in [0.25, 0.3) is 0 Å². The molecular weight excluding hydrogens is 328 g/mol. The molecule has 1 saturated heterocycles. The molecule has 1 atom stereocenters. The molecule has 2 aromatic carbocycles. The van der Waals surface area contributed by atoms with Crippen LogP contribution in [0, 0.1) is 0 Å². The van der Waals surface area contributed by atoms with Gasteiger partial charge in [-0.15, -0.1) is 0 Å². The van der Waals surface area contributed by atoms with Crippen LogP contribution in [0.4, 0.5) is 0 Å². The molecule has 1 unspecified atom stereocenters. The van der Waals surface area contributed by atoms with Gasteiger partial charge in [0.05, 0.1) is 6.04 Å². The molecule has 5 nitrogen and oxygen atoms in total. The van der Waals surface area contributed by atoms with Crippen molar-refractivity contribution in [1.82, 2.24) is 9.80 Å². The van der Waals surface area contributed by atoms with Crippen LogP contribution in [0.5, 0.6) is 0 Å². The minimum atomic E-state index is -0.914. The quantitative estimate of drug-likeness (QED) is 0.829. The van der Waals surface area contributed by atoms with Gasteiger partial charge >= 0.3 is 5.97 Å². The SMILES string of the molecule is CCOC(C(=O)O)N1CCN(C(c2ccccc2)c2ccccc2)CC1. The zero-order chi connectivity index (χ0) is 18.4. The Labute approximate surface area is 154 Å². The Hall–Kier alpha value is -2.21. The van der Waals surface area contributed by atoms with Gasteiger partial charge in [0, 0.05) is 32.8 Å². The number of hydrogen-bond donors (Lipinski definition) is 1. The van der Waals surface area contributed by atoms with Crippen molar-refractivity contribution in [2.45, 2.75) is 19.2 Å². The van der Waals surface area contributed by atoms with E-state index in [-0.39, 0.29) is 6.04 Å². The monoisotopic (exact) mass is 354 g/mol. The first-order chi connectivity index (χ1) is 12.7. The van der Waals surface area contributed by atoms with Gasteiger partial charge in [0.15, 0.2) is 0 Å². The second kappa shape index (κ2) is 8.94. The van der Waals surface area contributed by atoms with Crippen LogP contribution in [0.3, 0.4) is 0 Å². The van der Waals surface area contributed by atoms with E-state index in [2.05, 4.69) is 53.4 Å². The third-order valence-corrected chi connectivity index (χ3v) is 4.81. The number of carboxylic acid groups (broad SMARTS) is 1. The van der Waals surface area contributed by atoms with Crippen LogP contribution >= 0.6 is 0 Å². The van der Waals surface area contributed by atoms with Crippen molar-refractivity contribution in [1.29, 1.82) is 0 Å². The molecule has 0 saturated carbocycles. The predicted molar refractivity (Wildman–Crippen MR) is 101 cm³/mol. The van der Waals surface area contributed by atoms with Gasteiger partial charge in [0.1, 0.15) is 0 Å². The van der Waals surface area contributed by atoms with E-state index in [4.69, 9.17) is 4.74 Å². The Kier molecular flexibility index (Phi) is 6.39. The van der Waals surface area contributed by atoms with Crippen LogP contribution < -0.4 is 0 Å². The molecule has 3 rings (SSSR count). The summed E-state index contributed by atoms with van der Waals surface area (Å²) in [6, 6.07) is 21.1. The highest BCUT2D eigenvalue weighted by molar-refractivity contribution is 5.71. The largest absolute Gasteiger partial charge is 0.478 e. The Morgan fingerprint density at radius 3 is 1.81 bits per heavy atom. The van der Waals surface area contributed by atoms with E-state index in [0.29, 0.717) is 19.7 Å². The summed E-state index contributed by atoms with van der Waals surface area (Å²) >= 11 is 0. The molecule has 1 N–H and O–H groups in total. The lowest BCUT2D eigenvalue weighted by Gasteiger charge is -2.41. The molecule has 1 fully saturated rings. The molecule has 1 aliphatic rings. The molecular formula is C21H26N2O3. The highest BCUT2D eigenvalue weighted by Crippen LogP contribution is 2.29. The number of ether oxygens (including phenoxy) is 1. The van der Waals surface area contributed by atoms with Gasteiger partial charge < -0.3 is 9.84 Å². The number of rotatable bonds is 7. The predicted octanol–water partition coefficient (Wildman–Crippen LogP) is 2.84. The zero-order valence-electron chi connectivity index (χ0n) is 15.1. The Morgan fingerprint density at radius 2 is 1.38 bits per heavy atom. The summed E-state index contributed by atoms with van der Waals surface area (Å²) in [6.07, 6.45) is -0.853. The molecule has 5 heteroatoms. The molecule has 2 aromatic rings. The van der Waals surface area contributed by atoms with Crippen molar-refractivity contribution >= 4 is 5.97 Å². The van der Waals surface area contributed by atoms with E-state index in [1.54, 1.807) is 0 Å². The fourth-order valence-corrected chi connectivity index (χ4v) is 3.61. The van der Waals surface area contributed by atoms with E-state index < -0.39 is 12.2 Å². The van der Waals surface area contributed by atoms with Crippen molar-refractivity contribution in [3.8, 4) is 0 Å². The van der Waals surface area contributed by atoms with Crippen molar-refractivity contribution in [2.24, 2.45) is 0 Å². The number of carboxylic acids is 1. The molecule has 0 aromatic heterocycles. The second-order valence-electron chi connectivity index (χ2n) is 6.44. The average molecular weight is 354 g/mol. The second-order valence-corrected chi connectivity index (χ2v) is 6.44. The highest BCUT2D eigenvalue weighted by atomic mass is 16.5. The van der Waals surface area contributed by atoms with Gasteiger partial charge in [-0.3, -0.25) is 9.80 Å². The highest BCUT2D eigenvalue weighted by Gasteiger charge is 2.32. The Balaban J connectivity index is 1.77. The van der Waals surface area contributed by atoms with Crippen molar-refractivity contribution in [3.63, 3.8) is 0 Å². The van der Waals surface area contributed by atoms with E-state index in [0.717, 1.165) is 13.1 Å². The first-order valence-corrected chi connectivity index (χ1v) is 9.13. The topological polar surface area (TPSA) is 53.0 Å². The molecule has 138 valence electrons. The summed E-state index contributed by atoms with van der Waals surface area (Å²) in [5, 5.41) is 9.41. The van der Waals surface area contributed by atoms with Crippen LogP contribution in [0.2, 0.25) is 0 Å². The summed E-state index contributed by atoms with van der Waals surface area (Å²) in [7, 11) is 0. The van der Waals surface area contributed by atoms with Crippen molar-refractivity contribution < 1.29 is 14.6 Å². The van der Waals surface area contributed by atoms with Crippen LogP contribution in [0.1, 0.15) is 24.1 Å². The number of aliphatic carboxylic acids is 1. The Morgan fingerprint density at radius 1 is 0.923 bits per heavy atom. The van der Waals surface area contributed by atoms with Crippen LogP contribution in [0.15, 0.2) is 60.7 Å². The minimum Gasteiger partial charge on any atom is -0.478 e. The molecule has 1 aliphatic heterocycles. The normalized spacial score (nSPS) is 17.3. The average Bonchev–Trinajstić information content (AvgIpc) is 2.68. The number of benzene rings is 2. The lowest BCUT2D eigenvalue weighted by atomic mass is 9.96. The van der Waals surface area contributed by atoms with Gasteiger partial charge in [-0.05, 0) is 18.1 Å². The lowest BCUT2D eigenvalue weighted by Crippen LogP contribution is -2.54. The molecule has 0 radical (unpaired) electrons. The summed E-state index contributed by atoms with van der Waals surface area (Å²) < 4.78 is 5.42. The molecule has 1 heterocycles. The first-order valence-electron chi connectivity index (χ1n) is 9.13. The van der Waals surface area contributed by atoms with Gasteiger partial charge in [-0.1, -0.05) is 60.7 Å². The van der Waals surface area contributed by atoms with Crippen molar-refractivity contribution in [2.75, 3.05) is 32.8 Å². The number of piperazine rings is 1. The third-order valence-electron chi connectivity index (χ3n) is 4.81. The van der Waals surface area contributed by atoms with Gasteiger partial charge in [0.2, 0.25) is 6.23 Å². The maximum absolute atomic E-state index is 11.5. The fraction of sp³-hybridized carbons (Fsp3) is 0.381. The van der Waals surface area contributed by atoms with Crippen LogP contribution in [-0.2, 0) is 9.53 Å². The van der Waals surface area contributed by atoms with Gasteiger partial charge in [-0.25, -0.2) is 4.79 Å². The number of carbonyl (C=O) groups is 1. The minimum absolute atomic E-state index is 0.176. The summed E-state index contributed by atoms with van der Waals surface area (Å²) in [5.74, 6) is -0.914. The smallest absolute Gasteiger partial charge is 0.348 e. The zero-order valence-corrected chi connectivity index (χ0v) is 15.1. The number of hydrogen-bond acceptors (Lipinski definition) is 4. The van der Waals surface area contributed by atoms with Crippen molar-refractivity contribution in [3.05, 3.63) is 71.8 Å². The van der Waals surface area contributed by atoms with Crippen LogP contribution in [-0.4, -0.2) is 59.9 Å². The molecule has 26 heavy (non-hydrogen) atoms. The summed E-state index contributed by atoms with van der Waals surface area (Å²) in [4.78, 5) is 15.8. The maximum atomic E-state index is 11.5. The fourth-order valence-electron chi connectivity index (χ4n) is 3.61. The number of nitrogens with zero attached hydrogens (tertiary/aromatic N) is 2. The lowest BCUT2D eigenvalue weighted by molar-refractivity contribution is -0.166. The third kappa shape index (κ3) is 4.30. The molecule has 0 spiro atoms. The standard InChI is InChI=1S/C21H26N2O3/c1-2-26-20(21(24)25)23-15-13-22(14-16-23)19(17-9-5-3-6-10-17)18-11-7-4-8-12-18/h3-12,19-20H,2,13-16H2,1H3,(H,24,25). The summed E-state index contributed by atoms with van der Waals surface area (Å²) in [6.45, 7) is 5.16.